The molecule has 0 atom stereocenters. The Labute approximate surface area is 150 Å². The van der Waals surface area contributed by atoms with Crippen LogP contribution in [0.4, 0.5) is 26.3 Å². The minimum absolute atomic E-state index is 0.0111. The first kappa shape index (κ1) is 18.0. The molecule has 0 spiro atoms. The first-order valence-electron chi connectivity index (χ1n) is 6.78. The van der Waals surface area contributed by atoms with Gasteiger partial charge in [0.1, 0.15) is 0 Å². The van der Waals surface area contributed by atoms with Crippen LogP contribution in [0.15, 0.2) is 30.5 Å². The average Bonchev–Trinajstić information content (AvgIpc) is 2.85. The summed E-state index contributed by atoms with van der Waals surface area (Å²) in [5, 5.41) is 3.66. The van der Waals surface area contributed by atoms with Crippen LogP contribution in [-0.4, -0.2) is 14.6 Å². The number of halogens is 7. The van der Waals surface area contributed by atoms with E-state index in [1.807, 2.05) is 0 Å². The van der Waals surface area contributed by atoms with Crippen molar-refractivity contribution < 1.29 is 26.3 Å². The Morgan fingerprint density at radius 3 is 2.24 bits per heavy atom. The zero-order valence-electron chi connectivity index (χ0n) is 12.4. The first-order valence-corrected chi connectivity index (χ1v) is 7.86. The number of nitrogens with zero attached hydrogens (tertiary/aromatic N) is 3. The highest BCUT2D eigenvalue weighted by atomic mass is 127. The summed E-state index contributed by atoms with van der Waals surface area (Å²) in [5.74, 6) is 0. The Balaban J connectivity index is 2.23. The predicted octanol–water partition coefficient (Wildman–Crippen LogP) is 5.35. The number of benzene rings is 1. The summed E-state index contributed by atoms with van der Waals surface area (Å²) in [4.78, 5) is 4.12. The molecule has 0 unspecified atom stereocenters. The Morgan fingerprint density at radius 2 is 1.68 bits per heavy atom. The second-order valence-electron chi connectivity index (χ2n) is 5.28. The third-order valence-corrected chi connectivity index (χ3v) is 4.31. The predicted molar refractivity (Wildman–Crippen MR) is 85.9 cm³/mol. The van der Waals surface area contributed by atoms with E-state index in [9.17, 15) is 26.3 Å². The van der Waals surface area contributed by atoms with Gasteiger partial charge in [0.05, 0.1) is 21.0 Å². The molecule has 3 aromatic rings. The lowest BCUT2D eigenvalue weighted by Gasteiger charge is -2.13. The Bertz CT molecular complexity index is 958. The van der Waals surface area contributed by atoms with Gasteiger partial charge >= 0.3 is 12.4 Å². The maximum absolute atomic E-state index is 13.3. The molecule has 2 aromatic heterocycles. The summed E-state index contributed by atoms with van der Waals surface area (Å²) in [5.41, 5.74) is -1.91. The van der Waals surface area contributed by atoms with Crippen molar-refractivity contribution in [3.8, 4) is 11.3 Å². The van der Waals surface area contributed by atoms with Gasteiger partial charge < -0.3 is 0 Å². The number of fused-ring (bicyclic) bond motifs is 1. The minimum atomic E-state index is -4.69. The summed E-state index contributed by atoms with van der Waals surface area (Å²) in [7, 11) is 0. The number of hydrogen-bond acceptors (Lipinski definition) is 2. The summed E-state index contributed by atoms with van der Waals surface area (Å²) < 4.78 is 79.5. The van der Waals surface area contributed by atoms with E-state index in [1.54, 1.807) is 22.6 Å². The largest absolute Gasteiger partial charge is 0.433 e. The van der Waals surface area contributed by atoms with E-state index in [4.69, 9.17) is 0 Å². The molecule has 0 N–H and O–H groups in total. The van der Waals surface area contributed by atoms with E-state index < -0.39 is 23.6 Å². The van der Waals surface area contributed by atoms with Crippen molar-refractivity contribution in [3.63, 3.8) is 0 Å². The van der Waals surface area contributed by atoms with Crippen molar-refractivity contribution >= 4 is 28.2 Å². The van der Waals surface area contributed by atoms with Gasteiger partial charge in [-0.15, -0.1) is 0 Å². The van der Waals surface area contributed by atoms with Crippen LogP contribution < -0.4 is 0 Å². The fourth-order valence-electron chi connectivity index (χ4n) is 2.43. The maximum Gasteiger partial charge on any atom is 0.433 e. The van der Waals surface area contributed by atoms with Gasteiger partial charge in [0.15, 0.2) is 11.3 Å². The molecule has 3 rings (SSSR count). The lowest BCUT2D eigenvalue weighted by atomic mass is 10.0. The van der Waals surface area contributed by atoms with Crippen LogP contribution in [-0.2, 0) is 12.4 Å². The van der Waals surface area contributed by atoms with Crippen molar-refractivity contribution in [3.05, 3.63) is 50.9 Å². The maximum atomic E-state index is 13.3. The highest BCUT2D eigenvalue weighted by Crippen LogP contribution is 2.36. The molecular weight excluding hydrogens is 463 g/mol. The molecule has 0 bridgehead atoms. The number of rotatable bonds is 1. The summed E-state index contributed by atoms with van der Waals surface area (Å²) in [6.07, 6.45) is -7.98. The molecule has 0 aliphatic rings. The van der Waals surface area contributed by atoms with E-state index in [0.717, 1.165) is 18.2 Å². The Morgan fingerprint density at radius 1 is 1.00 bits per heavy atom. The topological polar surface area (TPSA) is 30.2 Å². The molecule has 0 saturated heterocycles. The minimum Gasteiger partial charge on any atom is -0.227 e. The summed E-state index contributed by atoms with van der Waals surface area (Å²) in [6, 6.07) is 3.90. The van der Waals surface area contributed by atoms with Crippen LogP contribution in [0.1, 0.15) is 16.8 Å². The second kappa shape index (κ2) is 5.85. The fraction of sp³-hybridized carbons (Fsp3) is 0.200. The number of alkyl halides is 6. The van der Waals surface area contributed by atoms with Crippen LogP contribution in [0.2, 0.25) is 0 Å². The normalized spacial score (nSPS) is 12.8. The SMILES string of the molecule is Cc1cc(-c2cc(C(F)(F)F)n3ncc(I)c3n2)ccc1C(F)(F)F. The van der Waals surface area contributed by atoms with Gasteiger partial charge in [-0.25, -0.2) is 9.50 Å². The molecule has 132 valence electrons. The highest BCUT2D eigenvalue weighted by molar-refractivity contribution is 14.1. The van der Waals surface area contributed by atoms with Gasteiger partial charge in [-0.3, -0.25) is 0 Å². The fourth-order valence-corrected chi connectivity index (χ4v) is 2.90. The van der Waals surface area contributed by atoms with Crippen LogP contribution in [0, 0.1) is 10.5 Å². The standard InChI is InChI=1S/C15H8F6IN3/c1-7-4-8(2-3-9(7)14(16,17)18)11-5-12(15(19,20)21)25-13(24-11)10(22)6-23-25/h2-6H,1H3. The summed E-state index contributed by atoms with van der Waals surface area (Å²) >= 11 is 1.79. The molecule has 0 aliphatic heterocycles. The Hall–Kier alpha value is -1.85. The molecule has 3 nitrogen and oxygen atoms in total. The van der Waals surface area contributed by atoms with E-state index in [2.05, 4.69) is 10.1 Å². The molecule has 25 heavy (non-hydrogen) atoms. The molecule has 0 aliphatic carbocycles. The zero-order chi connectivity index (χ0) is 18.6. The smallest absolute Gasteiger partial charge is 0.227 e. The molecule has 0 amide bonds. The van der Waals surface area contributed by atoms with Gasteiger partial charge in [-0.1, -0.05) is 6.07 Å². The quantitative estimate of drug-likeness (QED) is 0.354. The van der Waals surface area contributed by atoms with Gasteiger partial charge in [-0.05, 0) is 53.3 Å². The monoisotopic (exact) mass is 471 g/mol. The van der Waals surface area contributed by atoms with Crippen LogP contribution in [0.5, 0.6) is 0 Å². The van der Waals surface area contributed by atoms with E-state index in [0.29, 0.717) is 8.09 Å². The van der Waals surface area contributed by atoms with E-state index in [1.165, 1.54) is 19.2 Å². The third kappa shape index (κ3) is 3.31. The van der Waals surface area contributed by atoms with Crippen LogP contribution in [0.25, 0.3) is 16.9 Å². The molecule has 0 saturated carbocycles. The van der Waals surface area contributed by atoms with Gasteiger partial charge in [0.2, 0.25) is 0 Å². The van der Waals surface area contributed by atoms with Crippen molar-refractivity contribution in [2.45, 2.75) is 19.3 Å². The van der Waals surface area contributed by atoms with Crippen molar-refractivity contribution in [1.82, 2.24) is 14.6 Å². The molecular formula is C15H8F6IN3. The number of hydrogen-bond donors (Lipinski definition) is 0. The number of aryl methyl sites for hydroxylation is 1. The van der Waals surface area contributed by atoms with Crippen molar-refractivity contribution in [1.29, 1.82) is 0 Å². The highest BCUT2D eigenvalue weighted by Gasteiger charge is 2.36. The van der Waals surface area contributed by atoms with Crippen molar-refractivity contribution in [2.24, 2.45) is 0 Å². The lowest BCUT2D eigenvalue weighted by molar-refractivity contribution is -0.142. The van der Waals surface area contributed by atoms with E-state index >= 15 is 0 Å². The van der Waals surface area contributed by atoms with Crippen LogP contribution >= 0.6 is 22.6 Å². The lowest BCUT2D eigenvalue weighted by Crippen LogP contribution is -2.14. The molecule has 10 heteroatoms. The van der Waals surface area contributed by atoms with Gasteiger partial charge in [0, 0.05) is 5.56 Å². The summed E-state index contributed by atoms with van der Waals surface area (Å²) in [6.45, 7) is 1.25. The first-order chi connectivity index (χ1) is 11.5. The van der Waals surface area contributed by atoms with Gasteiger partial charge in [0.25, 0.3) is 0 Å². The molecule has 1 aromatic carbocycles. The number of aromatic nitrogens is 3. The average molecular weight is 471 g/mol. The molecule has 0 radical (unpaired) electrons. The van der Waals surface area contributed by atoms with Crippen LogP contribution in [0.3, 0.4) is 0 Å². The molecule has 0 fully saturated rings. The molecule has 2 heterocycles. The Kier molecular flexibility index (Phi) is 4.20. The van der Waals surface area contributed by atoms with E-state index in [-0.39, 0.29) is 22.5 Å². The zero-order valence-corrected chi connectivity index (χ0v) is 14.5. The second-order valence-corrected chi connectivity index (χ2v) is 6.44. The van der Waals surface area contributed by atoms with Gasteiger partial charge in [-0.2, -0.15) is 31.4 Å². The third-order valence-electron chi connectivity index (χ3n) is 3.55. The van der Waals surface area contributed by atoms with Crippen molar-refractivity contribution in [2.75, 3.05) is 0 Å².